The number of aryl methyl sites for hydroxylation is 1. The van der Waals surface area contributed by atoms with Gasteiger partial charge in [-0.3, -0.25) is 14.6 Å². The zero-order valence-electron chi connectivity index (χ0n) is 30.6. The second kappa shape index (κ2) is 18.4. The van der Waals surface area contributed by atoms with Gasteiger partial charge in [0.2, 0.25) is 11.8 Å². The summed E-state index contributed by atoms with van der Waals surface area (Å²) in [5.74, 6) is -1.98. The van der Waals surface area contributed by atoms with E-state index in [-0.39, 0.29) is 40.5 Å². The summed E-state index contributed by atoms with van der Waals surface area (Å²) in [4.78, 5) is 30.6. The molecule has 5 aromatic rings. The first-order valence-corrected chi connectivity index (χ1v) is 19.2. The number of aliphatic hydroxyl groups is 1. The molecule has 1 aromatic heterocycles. The Bertz CT molecular complexity index is 2130. The molecule has 0 saturated carbocycles. The van der Waals surface area contributed by atoms with Gasteiger partial charge in [-0.1, -0.05) is 61.7 Å². The maximum Gasteiger partial charge on any atom is 0.238 e. The van der Waals surface area contributed by atoms with Crippen molar-refractivity contribution in [3.05, 3.63) is 172 Å². The van der Waals surface area contributed by atoms with E-state index >= 15 is 0 Å². The molecule has 56 heavy (non-hydrogen) atoms. The summed E-state index contributed by atoms with van der Waals surface area (Å²) in [6, 6.07) is 25.7. The number of nitrogens with one attached hydrogen (secondary N) is 1. The Kier molecular flexibility index (Phi) is 13.2. The van der Waals surface area contributed by atoms with Gasteiger partial charge in [-0.25, -0.2) is 17.6 Å². The van der Waals surface area contributed by atoms with Crippen LogP contribution in [0.5, 0.6) is 5.75 Å². The van der Waals surface area contributed by atoms with E-state index in [4.69, 9.17) is 4.74 Å². The van der Waals surface area contributed by atoms with Crippen LogP contribution in [0, 0.1) is 29.2 Å². The largest absolute Gasteiger partial charge is 0.490 e. The number of hydrogen-bond donors (Lipinski definition) is 2. The Hall–Kier alpha value is -5.46. The van der Waals surface area contributed by atoms with Crippen LogP contribution in [0.15, 0.2) is 121 Å². The minimum atomic E-state index is -0.827. The van der Waals surface area contributed by atoms with Crippen molar-refractivity contribution in [2.24, 2.45) is 5.92 Å². The standard InChI is InChI=1S/C24H20F3NO2.C20H21FN2O2S/c25-17-5-1-15(2-6-17)22(29)14-13-21-23(16-3-7-18(26)8-4-16)28(24(21)30)20-11-9-19(27)10-12-20;1-3-14-4-6-16(22-12-14)8-9-25-18-7-5-15(10-17(18)21)11-19-20(24)23-13(2)26-19/h1-12,21-23,29H,13-14H2;4-7,10,12,19H,2-3,8-9,11H2,1H3,(H,23,24)/t21-,22+,23-;/m1./s1. The van der Waals surface area contributed by atoms with Gasteiger partial charge in [0.25, 0.3) is 0 Å². The summed E-state index contributed by atoms with van der Waals surface area (Å²) in [6.45, 7) is 6.17. The van der Waals surface area contributed by atoms with E-state index in [0.29, 0.717) is 48.6 Å². The molecule has 0 aliphatic carbocycles. The number of hydrogen-bond acceptors (Lipinski definition) is 6. The molecule has 1 unspecified atom stereocenters. The maximum atomic E-state index is 14.3. The fourth-order valence-electron chi connectivity index (χ4n) is 6.64. The Morgan fingerprint density at radius 3 is 2.11 bits per heavy atom. The predicted octanol–water partition coefficient (Wildman–Crippen LogP) is 8.97. The summed E-state index contributed by atoms with van der Waals surface area (Å²) in [5, 5.41) is 13.5. The minimum Gasteiger partial charge on any atom is -0.490 e. The van der Waals surface area contributed by atoms with Crippen molar-refractivity contribution in [3.63, 3.8) is 0 Å². The minimum absolute atomic E-state index is 0.0812. The number of aromatic nitrogens is 1. The Morgan fingerprint density at radius 1 is 0.875 bits per heavy atom. The molecular formula is C44H41F4N3O4S. The summed E-state index contributed by atoms with van der Waals surface area (Å²) >= 11 is 1.38. The number of anilines is 1. The lowest BCUT2D eigenvalue weighted by molar-refractivity contribution is -0.131. The SMILES string of the molecule is C=C1NC(=O)C(Cc2ccc(OCCc3ccc(CC)cn3)c(F)c2)S1.O=C1[C@H](CC[C@H](O)c2ccc(F)cc2)[C@@H](c2ccc(F)cc2)N1c1ccc(F)cc1. The van der Waals surface area contributed by atoms with Gasteiger partial charge in [-0.15, -0.1) is 0 Å². The number of amides is 2. The van der Waals surface area contributed by atoms with Gasteiger partial charge >= 0.3 is 0 Å². The van der Waals surface area contributed by atoms with Crippen LogP contribution >= 0.6 is 11.8 Å². The molecule has 12 heteroatoms. The van der Waals surface area contributed by atoms with E-state index in [9.17, 15) is 32.3 Å². The number of thioether (sulfide) groups is 1. The molecule has 2 fully saturated rings. The average Bonchev–Trinajstić information content (AvgIpc) is 3.51. The lowest BCUT2D eigenvalue weighted by Gasteiger charge is -2.48. The van der Waals surface area contributed by atoms with Crippen LogP contribution in [0.3, 0.4) is 0 Å². The van der Waals surface area contributed by atoms with Crippen LogP contribution in [-0.2, 0) is 28.9 Å². The van der Waals surface area contributed by atoms with Gasteiger partial charge in [0.05, 0.1) is 34.9 Å². The number of carbonyl (C=O) groups is 2. The number of benzene rings is 4. The van der Waals surface area contributed by atoms with Gasteiger partial charge in [0.1, 0.15) is 17.5 Å². The second-order valence-electron chi connectivity index (χ2n) is 13.5. The van der Waals surface area contributed by atoms with Crippen molar-refractivity contribution in [2.45, 2.75) is 56.4 Å². The molecule has 0 bridgehead atoms. The molecule has 2 N–H and O–H groups in total. The van der Waals surface area contributed by atoms with Crippen LogP contribution in [0.1, 0.15) is 59.9 Å². The summed E-state index contributed by atoms with van der Waals surface area (Å²) in [5.41, 5.74) is 4.77. The first-order chi connectivity index (χ1) is 27.0. The summed E-state index contributed by atoms with van der Waals surface area (Å²) in [6.07, 6.45) is 3.78. The van der Waals surface area contributed by atoms with E-state index < -0.39 is 23.7 Å². The molecule has 2 amide bonds. The van der Waals surface area contributed by atoms with E-state index in [2.05, 4.69) is 23.8 Å². The number of aliphatic hydroxyl groups excluding tert-OH is 1. The zero-order valence-corrected chi connectivity index (χ0v) is 31.5. The van der Waals surface area contributed by atoms with Crippen molar-refractivity contribution in [2.75, 3.05) is 11.5 Å². The smallest absolute Gasteiger partial charge is 0.238 e. The molecule has 2 saturated heterocycles. The highest BCUT2D eigenvalue weighted by Crippen LogP contribution is 2.46. The van der Waals surface area contributed by atoms with E-state index in [1.165, 1.54) is 84.1 Å². The lowest BCUT2D eigenvalue weighted by Crippen LogP contribution is -2.55. The van der Waals surface area contributed by atoms with E-state index in [0.717, 1.165) is 23.2 Å². The highest BCUT2D eigenvalue weighted by Gasteiger charge is 2.48. The Balaban J connectivity index is 0.000000192. The lowest BCUT2D eigenvalue weighted by atomic mass is 9.78. The molecule has 7 rings (SSSR count). The Labute approximate surface area is 327 Å². The van der Waals surface area contributed by atoms with Crippen molar-refractivity contribution in [1.29, 1.82) is 0 Å². The molecule has 290 valence electrons. The third-order valence-corrected chi connectivity index (χ3v) is 10.8. The topological polar surface area (TPSA) is 91.8 Å². The summed E-state index contributed by atoms with van der Waals surface area (Å²) in [7, 11) is 0. The predicted molar refractivity (Wildman–Crippen MR) is 209 cm³/mol. The normalized spacial score (nSPS) is 18.1. The fraction of sp³-hybridized carbons (Fsp3) is 0.250. The zero-order chi connectivity index (χ0) is 39.8. The molecule has 4 aromatic carbocycles. The van der Waals surface area contributed by atoms with Crippen LogP contribution in [0.4, 0.5) is 23.2 Å². The first kappa shape index (κ1) is 40.2. The molecule has 2 aliphatic rings. The fourth-order valence-corrected chi connectivity index (χ4v) is 7.58. The molecular weight excluding hydrogens is 743 g/mol. The monoisotopic (exact) mass is 783 g/mol. The number of halogens is 4. The van der Waals surface area contributed by atoms with Crippen LogP contribution in [0.25, 0.3) is 0 Å². The van der Waals surface area contributed by atoms with Gasteiger partial charge in [0.15, 0.2) is 11.6 Å². The molecule has 2 aliphatic heterocycles. The maximum absolute atomic E-state index is 14.3. The third-order valence-electron chi connectivity index (χ3n) is 9.70. The van der Waals surface area contributed by atoms with Crippen LogP contribution in [-0.4, -0.2) is 33.8 Å². The highest BCUT2D eigenvalue weighted by molar-refractivity contribution is 8.04. The molecule has 3 heterocycles. The quantitative estimate of drug-likeness (QED) is 0.0916. The van der Waals surface area contributed by atoms with E-state index in [1.54, 1.807) is 29.2 Å². The highest BCUT2D eigenvalue weighted by atomic mass is 32.2. The number of ether oxygens (including phenoxy) is 1. The Morgan fingerprint density at radius 2 is 1.52 bits per heavy atom. The number of pyridine rings is 1. The van der Waals surface area contributed by atoms with Crippen molar-refractivity contribution >= 4 is 29.3 Å². The third kappa shape index (κ3) is 10.0. The van der Waals surface area contributed by atoms with Crippen LogP contribution in [0.2, 0.25) is 0 Å². The van der Waals surface area contributed by atoms with Gasteiger partial charge < -0.3 is 20.1 Å². The van der Waals surface area contributed by atoms with Gasteiger partial charge in [-0.05, 0) is 115 Å². The number of rotatable bonds is 13. The average molecular weight is 784 g/mol. The number of β-lactam (4-membered cyclic amide) rings is 1. The summed E-state index contributed by atoms with van der Waals surface area (Å²) < 4.78 is 59.6. The first-order valence-electron chi connectivity index (χ1n) is 18.3. The van der Waals surface area contributed by atoms with Gasteiger partial charge in [-0.2, -0.15) is 0 Å². The van der Waals surface area contributed by atoms with Crippen molar-refractivity contribution < 1.29 is 37.0 Å². The molecule has 4 atom stereocenters. The number of carbonyl (C=O) groups excluding carboxylic acids is 2. The second-order valence-corrected chi connectivity index (χ2v) is 14.8. The molecule has 0 spiro atoms. The molecule has 7 nitrogen and oxygen atoms in total. The van der Waals surface area contributed by atoms with E-state index in [1.807, 2.05) is 18.3 Å². The number of nitrogens with zero attached hydrogens (tertiary/aromatic N) is 2. The van der Waals surface area contributed by atoms with Crippen molar-refractivity contribution in [3.8, 4) is 5.75 Å². The van der Waals surface area contributed by atoms with Gasteiger partial charge in [0, 0.05) is 24.0 Å². The molecule has 0 radical (unpaired) electrons. The van der Waals surface area contributed by atoms with Crippen molar-refractivity contribution in [1.82, 2.24) is 10.3 Å². The van der Waals surface area contributed by atoms with Crippen LogP contribution < -0.4 is 15.0 Å².